The first-order valence-electron chi connectivity index (χ1n) is 19.3. The van der Waals surface area contributed by atoms with Crippen LogP contribution in [0.3, 0.4) is 0 Å². The highest BCUT2D eigenvalue weighted by Crippen LogP contribution is 2.43. The Morgan fingerprint density at radius 3 is 1.65 bits per heavy atom. The highest BCUT2D eigenvalue weighted by molar-refractivity contribution is 5.70. The molecule has 0 aromatic heterocycles. The van der Waals surface area contributed by atoms with Crippen LogP contribution < -0.4 is 0 Å². The van der Waals surface area contributed by atoms with Gasteiger partial charge in [-0.15, -0.1) is 0 Å². The van der Waals surface area contributed by atoms with Crippen LogP contribution in [-0.2, 0) is 53.6 Å². The Balaban J connectivity index is 1.60. The highest BCUT2D eigenvalue weighted by atomic mass is 16.5. The van der Waals surface area contributed by atoms with Gasteiger partial charge in [0.1, 0.15) is 24.2 Å². The highest BCUT2D eigenvalue weighted by Gasteiger charge is 2.46. The van der Waals surface area contributed by atoms with E-state index in [2.05, 4.69) is 116 Å². The smallest absolute Gasteiger partial charge is 0.306 e. The van der Waals surface area contributed by atoms with Gasteiger partial charge in [0.05, 0.1) is 0 Å². The number of nitrogens with zero attached hydrogens (tertiary/aromatic N) is 1. The van der Waals surface area contributed by atoms with Crippen molar-refractivity contribution < 1.29 is 29.3 Å². The third kappa shape index (κ3) is 10.8. The number of piperidine rings is 1. The van der Waals surface area contributed by atoms with Crippen LogP contribution in [0.2, 0.25) is 0 Å². The minimum absolute atomic E-state index is 0.200. The Labute approximate surface area is 315 Å². The average Bonchev–Trinajstić information content (AvgIpc) is 2.94. The number of hydrogen-bond acceptors (Lipinski definition) is 7. The van der Waals surface area contributed by atoms with Crippen molar-refractivity contribution in [2.45, 2.75) is 188 Å². The Morgan fingerprint density at radius 1 is 0.712 bits per heavy atom. The molecule has 3 rings (SSSR count). The minimum atomic E-state index is -0.282. The molecule has 0 aliphatic carbocycles. The van der Waals surface area contributed by atoms with Gasteiger partial charge in [-0.05, 0) is 96.1 Å². The first-order valence-corrected chi connectivity index (χ1v) is 19.3. The third-order valence-electron chi connectivity index (χ3n) is 10.6. The summed E-state index contributed by atoms with van der Waals surface area (Å²) in [5.41, 5.74) is 4.46. The van der Waals surface area contributed by atoms with Crippen molar-refractivity contribution in [2.24, 2.45) is 0 Å². The Morgan fingerprint density at radius 2 is 1.19 bits per heavy atom. The summed E-state index contributed by atoms with van der Waals surface area (Å²) in [6.45, 7) is 34.9. The first kappa shape index (κ1) is 43.3. The zero-order chi connectivity index (χ0) is 39.8. The molecule has 7 heteroatoms. The van der Waals surface area contributed by atoms with E-state index in [1.54, 1.807) is 6.07 Å². The van der Waals surface area contributed by atoms with Gasteiger partial charge in [-0.1, -0.05) is 101 Å². The number of carbonyl (C=O) groups is 2. The van der Waals surface area contributed by atoms with E-state index in [1.165, 1.54) is 0 Å². The summed E-state index contributed by atoms with van der Waals surface area (Å²) in [5, 5.41) is 21.9. The van der Waals surface area contributed by atoms with Crippen LogP contribution in [0.25, 0.3) is 0 Å². The lowest BCUT2D eigenvalue weighted by atomic mass is 9.72. The van der Waals surface area contributed by atoms with Crippen LogP contribution in [0.1, 0.15) is 170 Å². The summed E-state index contributed by atoms with van der Waals surface area (Å²) in [7, 11) is 0. The predicted octanol–water partition coefficient (Wildman–Crippen LogP) is 9.96. The predicted molar refractivity (Wildman–Crippen MR) is 213 cm³/mol. The van der Waals surface area contributed by atoms with Crippen LogP contribution >= 0.6 is 0 Å². The monoisotopic (exact) mass is 722 g/mol. The summed E-state index contributed by atoms with van der Waals surface area (Å²) in [4.78, 5) is 28.6. The quantitative estimate of drug-likeness (QED) is 0.236. The van der Waals surface area contributed by atoms with Gasteiger partial charge in [-0.3, -0.25) is 14.5 Å². The van der Waals surface area contributed by atoms with Gasteiger partial charge in [0, 0.05) is 48.9 Å². The van der Waals surface area contributed by atoms with Crippen molar-refractivity contribution in [2.75, 3.05) is 13.2 Å². The second kappa shape index (κ2) is 15.4. The van der Waals surface area contributed by atoms with Crippen LogP contribution in [0.4, 0.5) is 0 Å². The lowest BCUT2D eigenvalue weighted by Crippen LogP contribution is -2.63. The maximum Gasteiger partial charge on any atom is 0.306 e. The molecule has 0 unspecified atom stereocenters. The summed E-state index contributed by atoms with van der Waals surface area (Å²) >= 11 is 0. The fraction of sp³-hybridized carbons (Fsp3) is 0.689. The van der Waals surface area contributed by atoms with Crippen molar-refractivity contribution in [3.05, 3.63) is 57.6 Å². The number of benzene rings is 2. The van der Waals surface area contributed by atoms with Crippen molar-refractivity contribution in [1.82, 2.24) is 4.90 Å². The molecule has 52 heavy (non-hydrogen) atoms. The molecule has 0 bridgehead atoms. The number of rotatable bonds is 10. The maximum absolute atomic E-state index is 13.3. The largest absolute Gasteiger partial charge is 0.508 e. The number of phenols is 2. The third-order valence-corrected chi connectivity index (χ3v) is 10.6. The number of likely N-dealkylation sites (tertiary alicyclic amines) is 1. The van der Waals surface area contributed by atoms with Crippen molar-refractivity contribution in [1.29, 1.82) is 0 Å². The second-order valence-electron chi connectivity index (χ2n) is 20.6. The molecule has 1 fully saturated rings. The molecule has 0 atom stereocenters. The molecule has 1 aliphatic rings. The van der Waals surface area contributed by atoms with Crippen LogP contribution in [0.5, 0.6) is 11.5 Å². The SMILES string of the molecule is CC(C)(C)c1cc(CCC(=O)OCCN2C(C)(C)CC(OC(=O)CCc3ccc(O)c(C(C)(C)C)c3C(C)(C)C)CC2(C)C)cc(C(C)(C)C)c1O. The van der Waals surface area contributed by atoms with E-state index in [4.69, 9.17) is 9.47 Å². The molecule has 2 aromatic rings. The van der Waals surface area contributed by atoms with Gasteiger partial charge in [0.2, 0.25) is 0 Å². The summed E-state index contributed by atoms with van der Waals surface area (Å²) in [5.74, 6) is 0.198. The molecule has 0 amide bonds. The fourth-order valence-electron chi connectivity index (χ4n) is 8.41. The maximum atomic E-state index is 13.3. The molecule has 0 radical (unpaired) electrons. The zero-order valence-corrected chi connectivity index (χ0v) is 35.5. The summed E-state index contributed by atoms with van der Waals surface area (Å²) in [6.07, 6.45) is 2.78. The first-order chi connectivity index (χ1) is 23.4. The normalized spacial score (nSPS) is 17.2. The number of phenolic OH excluding ortho intramolecular Hbond substituents is 2. The number of ether oxygens (including phenoxy) is 2. The number of aryl methyl sites for hydroxylation is 2. The number of aromatic hydroxyl groups is 2. The molecule has 0 spiro atoms. The Hall–Kier alpha value is -3.06. The molecule has 2 N–H and O–H groups in total. The summed E-state index contributed by atoms with van der Waals surface area (Å²) in [6, 6.07) is 7.77. The standard InChI is InChI=1S/C45H71NO6/c1-40(2,3)32-25-29(26-33(39(32)50)41(4,5)6)17-21-35(48)51-24-23-46-44(13,14)27-31(28-45(46,15)16)52-36(49)22-19-30-18-20-34(47)38(43(10,11)12)37(30)42(7,8)9/h18,20,25-26,31,47,50H,17,19,21-24,27-28H2,1-16H3. The van der Waals surface area contributed by atoms with E-state index in [9.17, 15) is 19.8 Å². The van der Waals surface area contributed by atoms with E-state index < -0.39 is 0 Å². The van der Waals surface area contributed by atoms with Crippen LogP contribution in [-0.4, -0.2) is 57.4 Å². The van der Waals surface area contributed by atoms with Gasteiger partial charge < -0.3 is 19.7 Å². The van der Waals surface area contributed by atoms with Gasteiger partial charge in [-0.25, -0.2) is 0 Å². The van der Waals surface area contributed by atoms with E-state index in [1.807, 2.05) is 18.2 Å². The fourth-order valence-corrected chi connectivity index (χ4v) is 8.41. The van der Waals surface area contributed by atoms with Crippen molar-refractivity contribution in [3.8, 4) is 11.5 Å². The molecular formula is C45H71NO6. The topological polar surface area (TPSA) is 96.3 Å². The number of esters is 2. The molecule has 0 saturated carbocycles. The molecular weight excluding hydrogens is 650 g/mol. The average molecular weight is 722 g/mol. The van der Waals surface area contributed by atoms with E-state index in [0.717, 1.165) is 33.4 Å². The molecule has 292 valence electrons. The van der Waals surface area contributed by atoms with Crippen LogP contribution in [0, 0.1) is 0 Å². The van der Waals surface area contributed by atoms with Crippen LogP contribution in [0.15, 0.2) is 24.3 Å². The van der Waals surface area contributed by atoms with Gasteiger partial charge in [-0.2, -0.15) is 0 Å². The van der Waals surface area contributed by atoms with Gasteiger partial charge >= 0.3 is 11.9 Å². The summed E-state index contributed by atoms with van der Waals surface area (Å²) < 4.78 is 11.9. The molecule has 1 aliphatic heterocycles. The van der Waals surface area contributed by atoms with E-state index >= 15 is 0 Å². The molecule has 2 aromatic carbocycles. The number of carbonyl (C=O) groups excluding carboxylic acids is 2. The zero-order valence-electron chi connectivity index (χ0n) is 35.5. The van der Waals surface area contributed by atoms with Gasteiger partial charge in [0.15, 0.2) is 0 Å². The second-order valence-corrected chi connectivity index (χ2v) is 20.6. The van der Waals surface area contributed by atoms with E-state index in [0.29, 0.717) is 43.7 Å². The van der Waals surface area contributed by atoms with Crippen molar-refractivity contribution >= 4 is 11.9 Å². The molecule has 7 nitrogen and oxygen atoms in total. The molecule has 1 heterocycles. The lowest BCUT2D eigenvalue weighted by Gasteiger charge is -2.54. The van der Waals surface area contributed by atoms with Crippen molar-refractivity contribution in [3.63, 3.8) is 0 Å². The Bertz CT molecular complexity index is 1540. The Kier molecular flexibility index (Phi) is 12.8. The minimum Gasteiger partial charge on any atom is -0.508 e. The van der Waals surface area contributed by atoms with E-state index in [-0.39, 0.29) is 70.2 Å². The lowest BCUT2D eigenvalue weighted by molar-refractivity contribution is -0.163. The van der Waals surface area contributed by atoms with Gasteiger partial charge in [0.25, 0.3) is 0 Å². The molecule has 1 saturated heterocycles. The number of hydrogen-bond donors (Lipinski definition) is 2.